The normalized spacial score (nSPS) is 12.3. The third kappa shape index (κ3) is 3.17. The van der Waals surface area contributed by atoms with E-state index in [4.69, 9.17) is 10.3 Å². The van der Waals surface area contributed by atoms with E-state index in [2.05, 4.69) is 5.16 Å². The molecule has 1 amide bonds. The summed E-state index contributed by atoms with van der Waals surface area (Å²) in [5.41, 5.74) is 8.31. The minimum atomic E-state index is -0.352. The maximum atomic E-state index is 11.6. The Morgan fingerprint density at radius 2 is 2.05 bits per heavy atom. The summed E-state index contributed by atoms with van der Waals surface area (Å²) in [6.07, 6.45) is 0. The van der Waals surface area contributed by atoms with Gasteiger partial charge >= 0.3 is 0 Å². The fraction of sp³-hybridized carbons (Fsp3) is 0.286. The number of amides is 1. The first-order valence-corrected chi connectivity index (χ1v) is 7.02. The van der Waals surface area contributed by atoms with Gasteiger partial charge in [0.1, 0.15) is 11.0 Å². The molecular formula is C14H16N2O2S. The van der Waals surface area contributed by atoms with E-state index in [-0.39, 0.29) is 11.2 Å². The number of hydrogen-bond donors (Lipinski definition) is 1. The van der Waals surface area contributed by atoms with Crippen LogP contribution in [0.1, 0.15) is 27.8 Å². The SMILES string of the molecule is Cc1noc(C)c1CSC(C(N)=O)c1ccccc1. The zero-order valence-corrected chi connectivity index (χ0v) is 11.7. The van der Waals surface area contributed by atoms with Crippen molar-refractivity contribution in [2.75, 3.05) is 0 Å². The van der Waals surface area contributed by atoms with Crippen LogP contribution >= 0.6 is 11.8 Å². The van der Waals surface area contributed by atoms with Crippen molar-refractivity contribution in [1.82, 2.24) is 5.16 Å². The number of carbonyl (C=O) groups excluding carboxylic acids is 1. The Balaban J connectivity index is 2.13. The smallest absolute Gasteiger partial charge is 0.235 e. The third-order valence-electron chi connectivity index (χ3n) is 2.94. The van der Waals surface area contributed by atoms with Crippen molar-refractivity contribution in [3.8, 4) is 0 Å². The van der Waals surface area contributed by atoms with Crippen LogP contribution in [0.2, 0.25) is 0 Å². The van der Waals surface area contributed by atoms with Gasteiger partial charge in [-0.05, 0) is 19.4 Å². The highest BCUT2D eigenvalue weighted by molar-refractivity contribution is 7.99. The first kappa shape index (κ1) is 13.7. The van der Waals surface area contributed by atoms with Gasteiger partial charge in [-0.2, -0.15) is 0 Å². The van der Waals surface area contributed by atoms with Crippen LogP contribution in [0.5, 0.6) is 0 Å². The van der Waals surface area contributed by atoms with Gasteiger partial charge in [-0.3, -0.25) is 4.79 Å². The molecule has 2 rings (SSSR count). The van der Waals surface area contributed by atoms with Crippen LogP contribution in [0.15, 0.2) is 34.9 Å². The molecule has 1 aromatic heterocycles. The zero-order chi connectivity index (χ0) is 13.8. The highest BCUT2D eigenvalue weighted by atomic mass is 32.2. The average molecular weight is 276 g/mol. The maximum Gasteiger partial charge on any atom is 0.235 e. The molecular weight excluding hydrogens is 260 g/mol. The van der Waals surface area contributed by atoms with E-state index in [1.54, 1.807) is 0 Å². The van der Waals surface area contributed by atoms with Crippen LogP contribution in [0, 0.1) is 13.8 Å². The lowest BCUT2D eigenvalue weighted by Gasteiger charge is -2.13. The molecule has 1 heterocycles. The summed E-state index contributed by atoms with van der Waals surface area (Å²) >= 11 is 1.49. The third-order valence-corrected chi connectivity index (χ3v) is 4.23. The summed E-state index contributed by atoms with van der Waals surface area (Å²) in [6, 6.07) is 9.55. The van der Waals surface area contributed by atoms with Crippen LogP contribution in [-0.2, 0) is 10.5 Å². The van der Waals surface area contributed by atoms with Gasteiger partial charge in [0.25, 0.3) is 0 Å². The molecule has 0 aliphatic heterocycles. The van der Waals surface area contributed by atoms with Gasteiger partial charge in [-0.15, -0.1) is 11.8 Å². The fourth-order valence-electron chi connectivity index (χ4n) is 1.85. The monoisotopic (exact) mass is 276 g/mol. The van der Waals surface area contributed by atoms with Crippen molar-refractivity contribution in [2.45, 2.75) is 24.9 Å². The fourth-order valence-corrected chi connectivity index (χ4v) is 3.10. The molecule has 1 aromatic carbocycles. The molecule has 0 radical (unpaired) electrons. The van der Waals surface area contributed by atoms with Crippen LogP contribution in [0.3, 0.4) is 0 Å². The van der Waals surface area contributed by atoms with E-state index in [0.717, 1.165) is 22.6 Å². The van der Waals surface area contributed by atoms with Crippen LogP contribution in [-0.4, -0.2) is 11.1 Å². The number of nitrogens with two attached hydrogens (primary N) is 1. The molecule has 1 unspecified atom stereocenters. The highest BCUT2D eigenvalue weighted by Crippen LogP contribution is 2.32. The number of thioether (sulfide) groups is 1. The van der Waals surface area contributed by atoms with E-state index in [1.807, 2.05) is 44.2 Å². The molecule has 0 bridgehead atoms. The molecule has 100 valence electrons. The Morgan fingerprint density at radius 1 is 1.37 bits per heavy atom. The van der Waals surface area contributed by atoms with Gasteiger partial charge in [-0.1, -0.05) is 35.5 Å². The Bertz CT molecular complexity index is 547. The molecule has 0 saturated carbocycles. The quantitative estimate of drug-likeness (QED) is 0.911. The van der Waals surface area contributed by atoms with Gasteiger partial charge in [0.2, 0.25) is 5.91 Å². The summed E-state index contributed by atoms with van der Waals surface area (Å²) in [5, 5.41) is 3.56. The van der Waals surface area contributed by atoms with Gasteiger partial charge in [0, 0.05) is 11.3 Å². The van der Waals surface area contributed by atoms with E-state index in [0.29, 0.717) is 5.75 Å². The molecule has 2 aromatic rings. The number of aryl methyl sites for hydroxylation is 2. The standard InChI is InChI=1S/C14H16N2O2S/c1-9-12(10(2)18-16-9)8-19-13(14(15)17)11-6-4-3-5-7-11/h3-7,13H,8H2,1-2H3,(H2,15,17). The topological polar surface area (TPSA) is 69.1 Å². The summed E-state index contributed by atoms with van der Waals surface area (Å²) in [5.74, 6) is 1.12. The average Bonchev–Trinajstić information content (AvgIpc) is 2.71. The molecule has 0 spiro atoms. The number of hydrogen-bond acceptors (Lipinski definition) is 4. The number of benzene rings is 1. The molecule has 0 saturated heterocycles. The Morgan fingerprint density at radius 3 is 2.58 bits per heavy atom. The Labute approximate surface area is 116 Å². The van der Waals surface area contributed by atoms with Crippen LogP contribution in [0.25, 0.3) is 0 Å². The second-order valence-corrected chi connectivity index (χ2v) is 5.40. The molecule has 0 aliphatic carbocycles. The number of rotatable bonds is 5. The van der Waals surface area contributed by atoms with Gasteiger partial charge in [0.05, 0.1) is 5.69 Å². The van der Waals surface area contributed by atoms with Crippen molar-refractivity contribution in [1.29, 1.82) is 0 Å². The largest absolute Gasteiger partial charge is 0.368 e. The number of carbonyl (C=O) groups is 1. The summed E-state index contributed by atoms with van der Waals surface area (Å²) in [7, 11) is 0. The van der Waals surface area contributed by atoms with Crippen LogP contribution in [0.4, 0.5) is 0 Å². The molecule has 1 atom stereocenters. The predicted octanol–water partition coefficient (Wildman–Crippen LogP) is 2.75. The van der Waals surface area contributed by atoms with Crippen LogP contribution < -0.4 is 5.73 Å². The van der Waals surface area contributed by atoms with Crippen molar-refractivity contribution in [3.05, 3.63) is 52.9 Å². The van der Waals surface area contributed by atoms with Gasteiger partial charge in [-0.25, -0.2) is 0 Å². The van der Waals surface area contributed by atoms with Crippen molar-refractivity contribution in [2.24, 2.45) is 5.73 Å². The molecule has 5 heteroatoms. The second-order valence-electron chi connectivity index (χ2n) is 4.31. The number of nitrogens with zero attached hydrogens (tertiary/aromatic N) is 1. The highest BCUT2D eigenvalue weighted by Gasteiger charge is 2.20. The van der Waals surface area contributed by atoms with Gasteiger partial charge < -0.3 is 10.3 Å². The van der Waals surface area contributed by atoms with Gasteiger partial charge in [0.15, 0.2) is 0 Å². The molecule has 19 heavy (non-hydrogen) atoms. The van der Waals surface area contributed by atoms with Crippen molar-refractivity contribution in [3.63, 3.8) is 0 Å². The first-order valence-electron chi connectivity index (χ1n) is 5.97. The predicted molar refractivity (Wildman–Crippen MR) is 75.6 cm³/mol. The lowest BCUT2D eigenvalue weighted by atomic mass is 10.1. The Hall–Kier alpha value is -1.75. The van der Waals surface area contributed by atoms with Crippen molar-refractivity contribution >= 4 is 17.7 Å². The molecule has 0 aliphatic rings. The maximum absolute atomic E-state index is 11.6. The summed E-state index contributed by atoms with van der Waals surface area (Å²) < 4.78 is 5.11. The van der Waals surface area contributed by atoms with E-state index in [1.165, 1.54) is 11.8 Å². The van der Waals surface area contributed by atoms with Crippen molar-refractivity contribution < 1.29 is 9.32 Å². The number of primary amides is 1. The molecule has 0 fully saturated rings. The summed E-state index contributed by atoms with van der Waals surface area (Å²) in [6.45, 7) is 3.77. The van der Waals surface area contributed by atoms with E-state index < -0.39 is 0 Å². The second kappa shape index (κ2) is 5.93. The minimum absolute atomic E-state index is 0.331. The minimum Gasteiger partial charge on any atom is -0.368 e. The zero-order valence-electron chi connectivity index (χ0n) is 10.9. The first-order chi connectivity index (χ1) is 9.09. The Kier molecular flexibility index (Phi) is 4.27. The van der Waals surface area contributed by atoms with E-state index >= 15 is 0 Å². The van der Waals surface area contributed by atoms with E-state index in [9.17, 15) is 4.79 Å². The molecule has 4 nitrogen and oxygen atoms in total. The molecule has 2 N–H and O–H groups in total. The number of aromatic nitrogens is 1. The lowest BCUT2D eigenvalue weighted by Crippen LogP contribution is -2.19. The summed E-state index contributed by atoms with van der Waals surface area (Å²) in [4.78, 5) is 11.6. The lowest BCUT2D eigenvalue weighted by molar-refractivity contribution is -0.117.